The van der Waals surface area contributed by atoms with Crippen LogP contribution in [0.3, 0.4) is 0 Å². The summed E-state index contributed by atoms with van der Waals surface area (Å²) in [7, 11) is 0. The highest BCUT2D eigenvalue weighted by atomic mass is 16.3. The largest absolute Gasteiger partial charge is 0.392 e. The van der Waals surface area contributed by atoms with Crippen molar-refractivity contribution in [1.82, 2.24) is 0 Å². The van der Waals surface area contributed by atoms with Crippen LogP contribution >= 0.6 is 0 Å². The summed E-state index contributed by atoms with van der Waals surface area (Å²) < 4.78 is 0. The molecule has 0 heterocycles. The van der Waals surface area contributed by atoms with Gasteiger partial charge in [0.1, 0.15) is 0 Å². The van der Waals surface area contributed by atoms with E-state index in [9.17, 15) is 0 Å². The maximum Gasteiger partial charge on any atom is 0.0988 e. The number of hydrogen-bond acceptors (Lipinski definition) is 4. The average Bonchev–Trinajstić information content (AvgIpc) is 1.99. The van der Waals surface area contributed by atoms with E-state index >= 15 is 0 Å². The van der Waals surface area contributed by atoms with Gasteiger partial charge in [0.2, 0.25) is 0 Å². The molecule has 64 valence electrons. The van der Waals surface area contributed by atoms with Crippen LogP contribution < -0.4 is 5.73 Å². The Hall–Kier alpha value is -0.420. The fourth-order valence-electron chi connectivity index (χ4n) is 1.20. The predicted octanol–water partition coefficient (Wildman–Crippen LogP) is -1.64. The highest BCUT2D eigenvalue weighted by Crippen LogP contribution is 2.17. The van der Waals surface area contributed by atoms with Crippen molar-refractivity contribution < 1.29 is 15.3 Å². The van der Waals surface area contributed by atoms with Gasteiger partial charge >= 0.3 is 0 Å². The van der Waals surface area contributed by atoms with E-state index in [1.165, 1.54) is 0 Å². The third-order valence-corrected chi connectivity index (χ3v) is 1.89. The molecule has 0 saturated heterocycles. The third-order valence-electron chi connectivity index (χ3n) is 1.89. The molecule has 1 aliphatic carbocycles. The summed E-state index contributed by atoms with van der Waals surface area (Å²) in [5.74, 6) is 0. The van der Waals surface area contributed by atoms with E-state index in [1.807, 2.05) is 0 Å². The number of aliphatic hydroxyl groups excluding tert-OH is 3. The lowest BCUT2D eigenvalue weighted by Gasteiger charge is -2.27. The van der Waals surface area contributed by atoms with Crippen molar-refractivity contribution in [1.29, 1.82) is 0 Å². The van der Waals surface area contributed by atoms with Crippen LogP contribution in [0.25, 0.3) is 0 Å². The first-order valence-corrected chi connectivity index (χ1v) is 3.57. The van der Waals surface area contributed by atoms with Gasteiger partial charge in [-0.05, 0) is 12.0 Å². The molecule has 0 unspecified atom stereocenters. The van der Waals surface area contributed by atoms with Gasteiger partial charge in [-0.2, -0.15) is 0 Å². The van der Waals surface area contributed by atoms with Crippen molar-refractivity contribution in [3.8, 4) is 0 Å². The maximum atomic E-state index is 9.17. The Morgan fingerprint density at radius 1 is 1.55 bits per heavy atom. The van der Waals surface area contributed by atoms with E-state index in [4.69, 9.17) is 21.1 Å². The minimum Gasteiger partial charge on any atom is -0.392 e. The molecule has 0 spiro atoms. The summed E-state index contributed by atoms with van der Waals surface area (Å²) in [5.41, 5.74) is 6.13. The first kappa shape index (κ1) is 8.67. The van der Waals surface area contributed by atoms with Gasteiger partial charge in [-0.3, -0.25) is 0 Å². The first-order valence-electron chi connectivity index (χ1n) is 3.57. The lowest BCUT2D eigenvalue weighted by molar-refractivity contribution is 0.00546. The molecule has 5 N–H and O–H groups in total. The second-order valence-electron chi connectivity index (χ2n) is 2.82. The monoisotopic (exact) mass is 159 g/mol. The Morgan fingerprint density at radius 2 is 2.18 bits per heavy atom. The molecule has 11 heavy (non-hydrogen) atoms. The molecular weight excluding hydrogens is 146 g/mol. The fraction of sp³-hybridized carbons (Fsp3) is 0.714. The average molecular weight is 159 g/mol. The van der Waals surface area contributed by atoms with Crippen molar-refractivity contribution in [2.24, 2.45) is 5.73 Å². The molecule has 3 atom stereocenters. The second-order valence-corrected chi connectivity index (χ2v) is 2.82. The Morgan fingerprint density at radius 3 is 2.64 bits per heavy atom. The molecule has 4 nitrogen and oxygen atoms in total. The van der Waals surface area contributed by atoms with Gasteiger partial charge in [0.15, 0.2) is 0 Å². The summed E-state index contributed by atoms with van der Waals surface area (Å²) in [4.78, 5) is 0. The fourth-order valence-corrected chi connectivity index (χ4v) is 1.20. The minimum atomic E-state index is -0.898. The quantitative estimate of drug-likeness (QED) is 0.345. The Balaban J connectivity index is 2.68. The summed E-state index contributed by atoms with van der Waals surface area (Å²) in [5, 5.41) is 27.0. The molecule has 0 fully saturated rings. The second kappa shape index (κ2) is 3.32. The van der Waals surface area contributed by atoms with Crippen LogP contribution in [0.5, 0.6) is 0 Å². The van der Waals surface area contributed by atoms with Crippen molar-refractivity contribution in [2.45, 2.75) is 24.7 Å². The molecule has 0 aromatic carbocycles. The highest BCUT2D eigenvalue weighted by molar-refractivity contribution is 5.15. The number of aliphatic hydroxyl groups is 3. The number of nitrogens with two attached hydrogens (primary N) is 1. The maximum absolute atomic E-state index is 9.17. The highest BCUT2D eigenvalue weighted by Gasteiger charge is 2.27. The van der Waals surface area contributed by atoms with Crippen molar-refractivity contribution in [3.05, 3.63) is 11.6 Å². The molecule has 0 bridgehead atoms. The van der Waals surface area contributed by atoms with Crippen LogP contribution in [0.4, 0.5) is 0 Å². The van der Waals surface area contributed by atoms with Crippen molar-refractivity contribution in [3.63, 3.8) is 0 Å². The Bertz CT molecular complexity index is 169. The van der Waals surface area contributed by atoms with E-state index in [0.29, 0.717) is 12.0 Å². The van der Waals surface area contributed by atoms with Crippen LogP contribution in [-0.2, 0) is 0 Å². The van der Waals surface area contributed by atoms with Crippen LogP contribution in [0, 0.1) is 0 Å². The standard InChI is InChI=1S/C7H13NO3/c8-5-1-4(3-9)2-6(10)7(5)11/h1,5-7,9-11H,2-3,8H2/t5-,6+,7+/m0/s1. The number of hydrogen-bond donors (Lipinski definition) is 4. The minimum absolute atomic E-state index is 0.0997. The van der Waals surface area contributed by atoms with Gasteiger partial charge in [0.25, 0.3) is 0 Å². The van der Waals surface area contributed by atoms with Crippen molar-refractivity contribution in [2.75, 3.05) is 6.61 Å². The zero-order valence-electron chi connectivity index (χ0n) is 6.14. The van der Waals surface area contributed by atoms with Crippen LogP contribution in [0.15, 0.2) is 11.6 Å². The molecule has 0 aliphatic heterocycles. The zero-order chi connectivity index (χ0) is 8.43. The lowest BCUT2D eigenvalue weighted by Crippen LogP contribution is -2.45. The molecule has 0 amide bonds. The normalized spacial score (nSPS) is 38.5. The summed E-state index contributed by atoms with van der Waals surface area (Å²) in [6.07, 6.45) is 0.172. The van der Waals surface area contributed by atoms with Gasteiger partial charge in [0.05, 0.1) is 24.9 Å². The smallest absolute Gasteiger partial charge is 0.0988 e. The van der Waals surface area contributed by atoms with Gasteiger partial charge < -0.3 is 21.1 Å². The van der Waals surface area contributed by atoms with E-state index in [2.05, 4.69) is 0 Å². The van der Waals surface area contributed by atoms with E-state index < -0.39 is 18.2 Å². The summed E-state index contributed by atoms with van der Waals surface area (Å²) in [6, 6.07) is -0.555. The molecule has 0 aromatic heterocycles. The van der Waals surface area contributed by atoms with Crippen LogP contribution in [0.1, 0.15) is 6.42 Å². The topological polar surface area (TPSA) is 86.7 Å². The summed E-state index contributed by atoms with van der Waals surface area (Å²) >= 11 is 0. The molecule has 0 saturated carbocycles. The first-order chi connectivity index (χ1) is 5.15. The van der Waals surface area contributed by atoms with Crippen LogP contribution in [-0.4, -0.2) is 40.2 Å². The van der Waals surface area contributed by atoms with Gasteiger partial charge in [-0.1, -0.05) is 6.08 Å². The molecular formula is C7H13NO3. The molecule has 0 aromatic rings. The van der Waals surface area contributed by atoms with Gasteiger partial charge in [0, 0.05) is 0 Å². The van der Waals surface area contributed by atoms with Gasteiger partial charge in [-0.15, -0.1) is 0 Å². The summed E-state index contributed by atoms with van der Waals surface area (Å²) in [6.45, 7) is -0.0997. The lowest BCUT2D eigenvalue weighted by atomic mass is 9.91. The van der Waals surface area contributed by atoms with Crippen LogP contribution in [0.2, 0.25) is 0 Å². The molecule has 0 radical (unpaired) electrons. The third kappa shape index (κ3) is 1.78. The van der Waals surface area contributed by atoms with Gasteiger partial charge in [-0.25, -0.2) is 0 Å². The molecule has 1 aliphatic rings. The predicted molar refractivity (Wildman–Crippen MR) is 39.8 cm³/mol. The Kier molecular flexibility index (Phi) is 2.62. The number of rotatable bonds is 1. The van der Waals surface area contributed by atoms with E-state index in [1.54, 1.807) is 6.08 Å². The van der Waals surface area contributed by atoms with Crippen molar-refractivity contribution >= 4 is 0 Å². The van der Waals surface area contributed by atoms with E-state index in [-0.39, 0.29) is 6.61 Å². The Labute approximate surface area is 65.0 Å². The SMILES string of the molecule is N[C@H]1C=C(CO)C[C@@H](O)[C@@H]1O. The zero-order valence-corrected chi connectivity index (χ0v) is 6.14. The van der Waals surface area contributed by atoms with E-state index in [0.717, 1.165) is 0 Å². The molecule has 1 rings (SSSR count). The molecule has 4 heteroatoms.